The molecule has 0 atom stereocenters. The van der Waals surface area contributed by atoms with Crippen LogP contribution >= 0.6 is 11.3 Å². The van der Waals surface area contributed by atoms with Gasteiger partial charge in [-0.25, -0.2) is 0 Å². The van der Waals surface area contributed by atoms with Crippen molar-refractivity contribution in [3.05, 3.63) is 47.3 Å². The van der Waals surface area contributed by atoms with Crippen LogP contribution in [0.25, 0.3) is 20.9 Å². The van der Waals surface area contributed by atoms with Crippen LogP contribution in [0.5, 0.6) is 0 Å². The van der Waals surface area contributed by atoms with Gasteiger partial charge in [-0.15, -0.1) is 11.3 Å². The van der Waals surface area contributed by atoms with Crippen molar-refractivity contribution in [3.8, 4) is 0 Å². The predicted molar refractivity (Wildman–Crippen MR) is 64.7 cm³/mol. The number of carbonyl (C=O) groups is 1. The third-order valence-corrected chi connectivity index (χ3v) is 3.65. The van der Waals surface area contributed by atoms with Crippen LogP contribution in [0, 0.1) is 0 Å². The smallest absolute Gasteiger partial charge is 0.160 e. The van der Waals surface area contributed by atoms with Crippen molar-refractivity contribution < 1.29 is 4.79 Å². The molecular weight excluding hydrogens is 204 g/mol. The van der Waals surface area contributed by atoms with E-state index in [-0.39, 0.29) is 0 Å². The highest BCUT2D eigenvalue weighted by Gasteiger charge is 2.04. The molecule has 0 unspecified atom stereocenters. The van der Waals surface area contributed by atoms with E-state index in [1.165, 1.54) is 15.5 Å². The third kappa shape index (κ3) is 1.26. The Morgan fingerprint density at radius 2 is 1.80 bits per heavy atom. The first-order valence-corrected chi connectivity index (χ1v) is 5.56. The van der Waals surface area contributed by atoms with Crippen LogP contribution in [-0.2, 0) is 0 Å². The predicted octanol–water partition coefficient (Wildman–Crippen LogP) is 3.87. The van der Waals surface area contributed by atoms with Gasteiger partial charge in [-0.3, -0.25) is 4.79 Å². The minimum absolute atomic E-state index is 0.793. The lowest BCUT2D eigenvalue weighted by Crippen LogP contribution is -1.70. The zero-order chi connectivity index (χ0) is 10.3. The summed E-state index contributed by atoms with van der Waals surface area (Å²) in [5, 5.41) is 3.61. The normalized spacial score (nSPS) is 10.9. The first-order chi connectivity index (χ1) is 7.38. The molecule has 3 rings (SSSR count). The second-order valence-corrected chi connectivity index (χ2v) is 4.56. The number of rotatable bonds is 1. The minimum atomic E-state index is 0.793. The molecule has 0 amide bonds. The maximum Gasteiger partial charge on any atom is 0.160 e. The van der Waals surface area contributed by atoms with Crippen molar-refractivity contribution in [1.82, 2.24) is 0 Å². The summed E-state index contributed by atoms with van der Waals surface area (Å²) in [5.74, 6) is 0. The molecule has 0 bridgehead atoms. The molecule has 0 aliphatic heterocycles. The molecule has 0 aliphatic carbocycles. The topological polar surface area (TPSA) is 17.1 Å². The van der Waals surface area contributed by atoms with Gasteiger partial charge in [0, 0.05) is 4.70 Å². The second-order valence-electron chi connectivity index (χ2n) is 3.47. The molecule has 0 fully saturated rings. The molecule has 0 radical (unpaired) electrons. The molecule has 2 aromatic carbocycles. The number of hydrogen-bond acceptors (Lipinski definition) is 2. The van der Waals surface area contributed by atoms with Gasteiger partial charge in [-0.05, 0) is 22.2 Å². The number of hydrogen-bond donors (Lipinski definition) is 0. The highest BCUT2D eigenvalue weighted by atomic mass is 32.1. The molecule has 1 aromatic heterocycles. The number of carbonyl (C=O) groups excluding carboxylic acids is 1. The van der Waals surface area contributed by atoms with Gasteiger partial charge in [-0.1, -0.05) is 36.4 Å². The number of aldehydes is 1. The zero-order valence-corrected chi connectivity index (χ0v) is 8.75. The van der Waals surface area contributed by atoms with E-state index in [0.29, 0.717) is 0 Å². The van der Waals surface area contributed by atoms with Crippen LogP contribution in [0.1, 0.15) is 9.67 Å². The van der Waals surface area contributed by atoms with Crippen LogP contribution in [0.4, 0.5) is 0 Å². The van der Waals surface area contributed by atoms with Crippen molar-refractivity contribution in [3.63, 3.8) is 0 Å². The molecular formula is C13H8OS. The number of benzene rings is 2. The molecule has 0 N–H and O–H groups in total. The van der Waals surface area contributed by atoms with Gasteiger partial charge < -0.3 is 0 Å². The molecule has 1 nitrogen and oxygen atoms in total. The summed E-state index contributed by atoms with van der Waals surface area (Å²) in [7, 11) is 0. The monoisotopic (exact) mass is 212 g/mol. The van der Waals surface area contributed by atoms with Gasteiger partial charge in [0.2, 0.25) is 0 Å². The molecule has 0 saturated heterocycles. The van der Waals surface area contributed by atoms with E-state index in [2.05, 4.69) is 24.3 Å². The molecule has 0 saturated carbocycles. The van der Waals surface area contributed by atoms with E-state index in [4.69, 9.17) is 0 Å². The van der Waals surface area contributed by atoms with E-state index < -0.39 is 0 Å². The highest BCUT2D eigenvalue weighted by Crippen LogP contribution is 2.31. The van der Waals surface area contributed by atoms with Gasteiger partial charge >= 0.3 is 0 Å². The Morgan fingerprint density at radius 1 is 1.00 bits per heavy atom. The lowest BCUT2D eigenvalue weighted by atomic mass is 10.1. The van der Waals surface area contributed by atoms with Crippen LogP contribution in [0.3, 0.4) is 0 Å². The fourth-order valence-electron chi connectivity index (χ4n) is 1.85. The van der Waals surface area contributed by atoms with Gasteiger partial charge in [0.1, 0.15) is 0 Å². The average Bonchev–Trinajstić information content (AvgIpc) is 2.72. The summed E-state index contributed by atoms with van der Waals surface area (Å²) in [4.78, 5) is 11.5. The van der Waals surface area contributed by atoms with E-state index in [9.17, 15) is 4.79 Å². The third-order valence-electron chi connectivity index (χ3n) is 2.54. The van der Waals surface area contributed by atoms with Crippen molar-refractivity contribution in [2.45, 2.75) is 0 Å². The first-order valence-electron chi connectivity index (χ1n) is 4.75. The van der Waals surface area contributed by atoms with Crippen LogP contribution in [-0.4, -0.2) is 6.29 Å². The van der Waals surface area contributed by atoms with Crippen molar-refractivity contribution in [2.75, 3.05) is 0 Å². The lowest BCUT2D eigenvalue weighted by Gasteiger charge is -1.97. The maximum absolute atomic E-state index is 10.7. The molecule has 0 spiro atoms. The van der Waals surface area contributed by atoms with E-state index >= 15 is 0 Å². The maximum atomic E-state index is 10.7. The van der Waals surface area contributed by atoms with Crippen LogP contribution < -0.4 is 0 Å². The van der Waals surface area contributed by atoms with Crippen molar-refractivity contribution in [2.24, 2.45) is 0 Å². The number of fused-ring (bicyclic) bond motifs is 3. The van der Waals surface area contributed by atoms with Gasteiger partial charge in [0.25, 0.3) is 0 Å². The van der Waals surface area contributed by atoms with E-state index in [0.717, 1.165) is 16.5 Å². The minimum Gasteiger partial charge on any atom is -0.297 e. The average molecular weight is 212 g/mol. The second kappa shape index (κ2) is 3.17. The Kier molecular flexibility index (Phi) is 1.82. The Labute approximate surface area is 91.0 Å². The van der Waals surface area contributed by atoms with Crippen LogP contribution in [0.2, 0.25) is 0 Å². The van der Waals surface area contributed by atoms with Gasteiger partial charge in [0.15, 0.2) is 6.29 Å². The molecule has 0 aliphatic rings. The fraction of sp³-hybridized carbons (Fsp3) is 0. The van der Waals surface area contributed by atoms with Crippen molar-refractivity contribution in [1.29, 1.82) is 0 Å². The fourth-order valence-corrected chi connectivity index (χ4v) is 2.86. The molecule has 1 heterocycles. The Morgan fingerprint density at radius 3 is 2.67 bits per heavy atom. The Bertz CT molecular complexity index is 652. The Hall–Kier alpha value is -1.67. The summed E-state index contributed by atoms with van der Waals surface area (Å²) in [5.41, 5.74) is 0. The molecule has 2 heteroatoms. The standard InChI is InChI=1S/C13H8OS/c14-8-11-7-10-6-5-9-3-1-2-4-12(9)13(10)15-11/h1-8H. The van der Waals surface area contributed by atoms with E-state index in [1.54, 1.807) is 11.3 Å². The summed E-state index contributed by atoms with van der Waals surface area (Å²) < 4.78 is 1.20. The summed E-state index contributed by atoms with van der Waals surface area (Å²) in [6.07, 6.45) is 0.916. The zero-order valence-electron chi connectivity index (χ0n) is 7.94. The molecule has 72 valence electrons. The Balaban J connectivity index is 2.52. The summed E-state index contributed by atoms with van der Waals surface area (Å²) in [6.45, 7) is 0. The highest BCUT2D eigenvalue weighted by molar-refractivity contribution is 7.21. The number of thiophene rings is 1. The van der Waals surface area contributed by atoms with Gasteiger partial charge in [0.05, 0.1) is 4.88 Å². The quantitative estimate of drug-likeness (QED) is 0.560. The summed E-state index contributed by atoms with van der Waals surface area (Å²) >= 11 is 1.56. The SMILES string of the molecule is O=Cc1cc2ccc3ccccc3c2s1. The van der Waals surface area contributed by atoms with E-state index in [1.807, 2.05) is 18.2 Å². The molecule has 3 aromatic rings. The molecule has 15 heavy (non-hydrogen) atoms. The summed E-state index contributed by atoms with van der Waals surface area (Å²) in [6, 6.07) is 14.4. The first kappa shape index (κ1) is 8.62. The van der Waals surface area contributed by atoms with Crippen molar-refractivity contribution >= 4 is 38.5 Å². The van der Waals surface area contributed by atoms with Crippen LogP contribution in [0.15, 0.2) is 42.5 Å². The van der Waals surface area contributed by atoms with Gasteiger partial charge in [-0.2, -0.15) is 0 Å². The largest absolute Gasteiger partial charge is 0.297 e. The lowest BCUT2D eigenvalue weighted by molar-refractivity contribution is 0.112.